The van der Waals surface area contributed by atoms with Gasteiger partial charge in [0.05, 0.1) is 5.56 Å². The molecule has 0 radical (unpaired) electrons. The van der Waals surface area contributed by atoms with Crippen molar-refractivity contribution in [2.75, 3.05) is 0 Å². The van der Waals surface area contributed by atoms with Gasteiger partial charge in [-0.1, -0.05) is 11.3 Å². The molecule has 3 aromatic heterocycles. The van der Waals surface area contributed by atoms with Crippen molar-refractivity contribution in [1.82, 2.24) is 19.2 Å². The number of carbonyl (C=O) groups excluding carboxylic acids is 1. The fourth-order valence-electron chi connectivity index (χ4n) is 3.10. The first-order valence-corrected chi connectivity index (χ1v) is 8.97. The monoisotopic (exact) mass is 358 g/mol. The van der Waals surface area contributed by atoms with Gasteiger partial charge in [0.25, 0.3) is 5.56 Å². The van der Waals surface area contributed by atoms with Crippen molar-refractivity contribution in [3.63, 3.8) is 0 Å². The number of carbonyl (C=O) groups is 1. The molecule has 1 aliphatic carbocycles. The lowest BCUT2D eigenvalue weighted by Gasteiger charge is -2.07. The first-order chi connectivity index (χ1) is 11.9. The van der Waals surface area contributed by atoms with Gasteiger partial charge < -0.3 is 9.30 Å². The van der Waals surface area contributed by atoms with Crippen molar-refractivity contribution in [3.8, 4) is 0 Å². The van der Waals surface area contributed by atoms with E-state index in [9.17, 15) is 9.59 Å². The van der Waals surface area contributed by atoms with Crippen LogP contribution in [0.25, 0.3) is 4.96 Å². The summed E-state index contributed by atoms with van der Waals surface area (Å²) in [7, 11) is 0. The molecule has 3 aromatic rings. The summed E-state index contributed by atoms with van der Waals surface area (Å²) in [4.78, 5) is 29.1. The zero-order chi connectivity index (χ0) is 17.7. The molecule has 0 aromatic carbocycles. The lowest BCUT2D eigenvalue weighted by molar-refractivity contribution is 0.0470. The molecule has 1 fully saturated rings. The third-order valence-corrected chi connectivity index (χ3v) is 5.24. The molecule has 3 heterocycles. The van der Waals surface area contributed by atoms with E-state index in [2.05, 4.69) is 14.6 Å². The van der Waals surface area contributed by atoms with Crippen molar-refractivity contribution >= 4 is 22.3 Å². The van der Waals surface area contributed by atoms with Crippen LogP contribution in [-0.2, 0) is 11.3 Å². The minimum atomic E-state index is -0.365. The molecular formula is C17H18N4O3S. The summed E-state index contributed by atoms with van der Waals surface area (Å²) in [5.41, 5.74) is 3.03. The van der Waals surface area contributed by atoms with E-state index in [0.717, 1.165) is 24.2 Å². The standard InChI is InChI=1S/C17H18N4O3S/c1-9-6-15(22)21-17(18-9)25-14(19-21)8-24-16(23)13-7-10(2)20(11(13)3)12-4-5-12/h6-7,12H,4-5,8H2,1-3H3. The Balaban J connectivity index is 1.53. The van der Waals surface area contributed by atoms with Crippen LogP contribution < -0.4 is 5.56 Å². The Morgan fingerprint density at radius 2 is 2.08 bits per heavy atom. The van der Waals surface area contributed by atoms with Gasteiger partial charge >= 0.3 is 5.97 Å². The fraction of sp³-hybridized carbons (Fsp3) is 0.412. The first-order valence-electron chi connectivity index (χ1n) is 8.16. The second-order valence-electron chi connectivity index (χ2n) is 6.39. The van der Waals surface area contributed by atoms with E-state index in [0.29, 0.717) is 27.3 Å². The van der Waals surface area contributed by atoms with Crippen LogP contribution in [0.5, 0.6) is 0 Å². The van der Waals surface area contributed by atoms with E-state index in [1.54, 1.807) is 6.92 Å². The number of fused-ring (bicyclic) bond motifs is 1. The molecule has 8 heteroatoms. The largest absolute Gasteiger partial charge is 0.455 e. The maximum absolute atomic E-state index is 12.4. The van der Waals surface area contributed by atoms with Gasteiger partial charge in [-0.2, -0.15) is 9.61 Å². The predicted molar refractivity (Wildman–Crippen MR) is 93.2 cm³/mol. The lowest BCUT2D eigenvalue weighted by Crippen LogP contribution is -2.14. The van der Waals surface area contributed by atoms with Gasteiger partial charge in [-0.25, -0.2) is 9.78 Å². The van der Waals surface area contributed by atoms with Crippen LogP contribution in [0.4, 0.5) is 0 Å². The minimum absolute atomic E-state index is 0.0262. The molecule has 1 aliphatic rings. The molecule has 1 saturated carbocycles. The van der Waals surface area contributed by atoms with Crippen LogP contribution in [0.2, 0.25) is 0 Å². The van der Waals surface area contributed by atoms with Crippen LogP contribution in [0.15, 0.2) is 16.9 Å². The minimum Gasteiger partial charge on any atom is -0.455 e. The molecule has 7 nitrogen and oxygen atoms in total. The van der Waals surface area contributed by atoms with Gasteiger partial charge in [0, 0.05) is 29.2 Å². The van der Waals surface area contributed by atoms with Crippen LogP contribution in [0, 0.1) is 20.8 Å². The second-order valence-corrected chi connectivity index (χ2v) is 7.43. The molecule has 0 unspecified atom stereocenters. The normalized spacial score (nSPS) is 14.2. The van der Waals surface area contributed by atoms with Gasteiger partial charge in [-0.05, 0) is 39.7 Å². The van der Waals surface area contributed by atoms with E-state index in [-0.39, 0.29) is 18.1 Å². The number of ether oxygens (including phenoxy) is 1. The maximum Gasteiger partial charge on any atom is 0.340 e. The maximum atomic E-state index is 12.4. The zero-order valence-electron chi connectivity index (χ0n) is 14.3. The van der Waals surface area contributed by atoms with Crippen LogP contribution in [0.3, 0.4) is 0 Å². The van der Waals surface area contributed by atoms with Gasteiger partial charge in [0.2, 0.25) is 4.96 Å². The topological polar surface area (TPSA) is 78.5 Å². The van der Waals surface area contributed by atoms with Crippen molar-refractivity contribution < 1.29 is 9.53 Å². The van der Waals surface area contributed by atoms with E-state index in [4.69, 9.17) is 4.74 Å². The van der Waals surface area contributed by atoms with Crippen molar-refractivity contribution in [2.24, 2.45) is 0 Å². The number of aryl methyl sites for hydroxylation is 2. The van der Waals surface area contributed by atoms with E-state index in [1.165, 1.54) is 21.9 Å². The second kappa shape index (κ2) is 5.80. The fourth-order valence-corrected chi connectivity index (χ4v) is 3.96. The molecule has 0 atom stereocenters. The smallest absolute Gasteiger partial charge is 0.340 e. The summed E-state index contributed by atoms with van der Waals surface area (Å²) >= 11 is 1.25. The van der Waals surface area contributed by atoms with Gasteiger partial charge in [0.15, 0.2) is 5.01 Å². The van der Waals surface area contributed by atoms with Gasteiger partial charge in [0.1, 0.15) is 6.61 Å². The number of aromatic nitrogens is 4. The number of hydrogen-bond donors (Lipinski definition) is 0. The summed E-state index contributed by atoms with van der Waals surface area (Å²) in [6.07, 6.45) is 2.33. The zero-order valence-corrected chi connectivity index (χ0v) is 15.1. The number of esters is 1. The van der Waals surface area contributed by atoms with Crippen molar-refractivity contribution in [3.05, 3.63) is 50.1 Å². The molecule has 130 valence electrons. The Morgan fingerprint density at radius 3 is 2.80 bits per heavy atom. The molecular weight excluding hydrogens is 340 g/mol. The number of hydrogen-bond acceptors (Lipinski definition) is 6. The average molecular weight is 358 g/mol. The van der Waals surface area contributed by atoms with Crippen LogP contribution in [0.1, 0.15) is 51.3 Å². The number of nitrogens with zero attached hydrogens (tertiary/aromatic N) is 4. The van der Waals surface area contributed by atoms with Crippen molar-refractivity contribution in [2.45, 2.75) is 46.3 Å². The molecule has 4 rings (SSSR count). The summed E-state index contributed by atoms with van der Waals surface area (Å²) < 4.78 is 8.86. The molecule has 0 N–H and O–H groups in total. The first kappa shape index (κ1) is 16.0. The molecule has 0 saturated heterocycles. The third-order valence-electron chi connectivity index (χ3n) is 4.36. The summed E-state index contributed by atoms with van der Waals surface area (Å²) in [6, 6.07) is 3.82. The Bertz CT molecular complexity index is 1040. The summed E-state index contributed by atoms with van der Waals surface area (Å²) in [5, 5.41) is 4.72. The Kier molecular flexibility index (Phi) is 3.72. The molecule has 0 bridgehead atoms. The SMILES string of the molecule is Cc1cc(=O)n2nc(COC(=O)c3cc(C)n(C4CC4)c3C)sc2n1. The highest BCUT2D eigenvalue weighted by Crippen LogP contribution is 2.38. The summed E-state index contributed by atoms with van der Waals surface area (Å²) in [5.74, 6) is -0.365. The molecule has 0 amide bonds. The van der Waals surface area contributed by atoms with E-state index in [1.807, 2.05) is 19.9 Å². The van der Waals surface area contributed by atoms with Crippen LogP contribution >= 0.6 is 11.3 Å². The van der Waals surface area contributed by atoms with Crippen LogP contribution in [-0.4, -0.2) is 25.1 Å². The van der Waals surface area contributed by atoms with Crippen molar-refractivity contribution in [1.29, 1.82) is 0 Å². The Hall–Kier alpha value is -2.48. The molecule has 25 heavy (non-hydrogen) atoms. The average Bonchev–Trinajstić information content (AvgIpc) is 3.21. The number of rotatable bonds is 4. The highest BCUT2D eigenvalue weighted by molar-refractivity contribution is 7.16. The van der Waals surface area contributed by atoms with E-state index >= 15 is 0 Å². The van der Waals surface area contributed by atoms with E-state index < -0.39 is 0 Å². The van der Waals surface area contributed by atoms with Gasteiger partial charge in [-0.15, -0.1) is 0 Å². The Labute approximate surface area is 147 Å². The highest BCUT2D eigenvalue weighted by Gasteiger charge is 2.28. The summed E-state index contributed by atoms with van der Waals surface area (Å²) in [6.45, 7) is 5.75. The quantitative estimate of drug-likeness (QED) is 0.670. The van der Waals surface area contributed by atoms with Gasteiger partial charge in [-0.3, -0.25) is 4.79 Å². The third kappa shape index (κ3) is 2.86. The predicted octanol–water partition coefficient (Wildman–Crippen LogP) is 2.57. The lowest BCUT2D eigenvalue weighted by atomic mass is 10.2. The Morgan fingerprint density at radius 1 is 1.32 bits per heavy atom. The highest BCUT2D eigenvalue weighted by atomic mass is 32.1. The molecule has 0 aliphatic heterocycles. The molecule has 0 spiro atoms.